The van der Waals surface area contributed by atoms with Crippen molar-refractivity contribution in [1.82, 2.24) is 9.62 Å². The van der Waals surface area contributed by atoms with Crippen LogP contribution in [0.15, 0.2) is 18.2 Å². The molecule has 7 heteroatoms. The number of hydrogen-bond acceptors (Lipinski definition) is 5. The molecule has 6 nitrogen and oxygen atoms in total. The minimum absolute atomic E-state index is 0.0655. The van der Waals surface area contributed by atoms with Gasteiger partial charge in [-0.25, -0.2) is 13.1 Å². The number of nitrogens with one attached hydrogen (secondary N) is 1. The third-order valence-electron chi connectivity index (χ3n) is 2.94. The smallest absolute Gasteiger partial charge is 0.231 e. The van der Waals surface area contributed by atoms with Gasteiger partial charge in [0.1, 0.15) is 0 Å². The van der Waals surface area contributed by atoms with E-state index < -0.39 is 10.0 Å². The molecule has 1 aliphatic rings. The summed E-state index contributed by atoms with van der Waals surface area (Å²) in [6.45, 7) is 0.540. The van der Waals surface area contributed by atoms with Gasteiger partial charge in [-0.15, -0.1) is 0 Å². The summed E-state index contributed by atoms with van der Waals surface area (Å²) in [5, 5.41) is 0. The lowest BCUT2D eigenvalue weighted by Crippen LogP contribution is -2.33. The molecule has 1 heterocycles. The van der Waals surface area contributed by atoms with Gasteiger partial charge in [-0.05, 0) is 31.8 Å². The Kier molecular flexibility index (Phi) is 3.98. The lowest BCUT2D eigenvalue weighted by molar-refractivity contribution is 0.174. The van der Waals surface area contributed by atoms with E-state index in [9.17, 15) is 8.42 Å². The number of ether oxygens (including phenoxy) is 2. The molecule has 0 saturated carbocycles. The molecule has 0 aromatic heterocycles. The van der Waals surface area contributed by atoms with Crippen LogP contribution >= 0.6 is 0 Å². The minimum Gasteiger partial charge on any atom is -0.454 e. The van der Waals surface area contributed by atoms with Gasteiger partial charge in [0.25, 0.3) is 0 Å². The van der Waals surface area contributed by atoms with Crippen molar-refractivity contribution in [2.75, 3.05) is 33.7 Å². The van der Waals surface area contributed by atoms with E-state index in [1.165, 1.54) is 0 Å². The van der Waals surface area contributed by atoms with E-state index in [-0.39, 0.29) is 12.8 Å². The van der Waals surface area contributed by atoms with Crippen molar-refractivity contribution >= 4 is 10.0 Å². The third kappa shape index (κ3) is 3.59. The van der Waals surface area contributed by atoms with Gasteiger partial charge in [0.05, 0.1) is 6.26 Å². The number of nitrogens with zero attached hydrogens (tertiary/aromatic N) is 1. The number of fused-ring (bicyclic) bond motifs is 1. The molecule has 0 aliphatic carbocycles. The summed E-state index contributed by atoms with van der Waals surface area (Å²) in [5.74, 6) is 1.42. The molecule has 2 rings (SSSR count). The van der Waals surface area contributed by atoms with Crippen LogP contribution in [0.25, 0.3) is 0 Å². The largest absolute Gasteiger partial charge is 0.454 e. The Bertz CT molecular complexity index is 557. The van der Waals surface area contributed by atoms with Crippen molar-refractivity contribution in [3.8, 4) is 11.5 Å². The zero-order valence-electron chi connectivity index (χ0n) is 11.2. The average molecular weight is 286 g/mol. The first kappa shape index (κ1) is 14.1. The van der Waals surface area contributed by atoms with Gasteiger partial charge in [-0.2, -0.15) is 0 Å². The van der Waals surface area contributed by atoms with E-state index in [1.807, 2.05) is 37.2 Å². The Labute approximate surface area is 113 Å². The highest BCUT2D eigenvalue weighted by Gasteiger charge is 2.20. The van der Waals surface area contributed by atoms with Crippen molar-refractivity contribution in [3.63, 3.8) is 0 Å². The number of sulfonamides is 1. The second-order valence-corrected chi connectivity index (χ2v) is 6.55. The van der Waals surface area contributed by atoms with E-state index in [4.69, 9.17) is 9.47 Å². The summed E-state index contributed by atoms with van der Waals surface area (Å²) >= 11 is 0. The first-order valence-corrected chi connectivity index (χ1v) is 7.76. The van der Waals surface area contributed by atoms with Crippen molar-refractivity contribution < 1.29 is 17.9 Å². The molecule has 0 bridgehead atoms. The number of likely N-dealkylation sites (N-methyl/N-ethyl adjacent to an activating group) is 1. The maximum atomic E-state index is 11.2. The molecule has 19 heavy (non-hydrogen) atoms. The summed E-state index contributed by atoms with van der Waals surface area (Å²) in [6, 6.07) is 5.58. The molecule has 1 aromatic carbocycles. The van der Waals surface area contributed by atoms with Crippen molar-refractivity contribution in [2.24, 2.45) is 0 Å². The summed E-state index contributed by atoms with van der Waals surface area (Å²) in [4.78, 5) is 1.95. The highest BCUT2D eigenvalue weighted by atomic mass is 32.2. The van der Waals surface area contributed by atoms with Crippen molar-refractivity contribution in [1.29, 1.82) is 0 Å². The van der Waals surface area contributed by atoms with E-state index in [2.05, 4.69) is 4.72 Å². The average Bonchev–Trinajstić information content (AvgIpc) is 2.74. The first-order valence-electron chi connectivity index (χ1n) is 5.87. The molecule has 1 N–H and O–H groups in total. The molecule has 0 fully saturated rings. The van der Waals surface area contributed by atoms with E-state index in [1.54, 1.807) is 0 Å². The predicted octanol–water partition coefficient (Wildman–Crippen LogP) is 0.567. The first-order chi connectivity index (χ1) is 8.87. The van der Waals surface area contributed by atoms with Crippen LogP contribution in [-0.4, -0.2) is 47.0 Å². The fourth-order valence-corrected chi connectivity index (χ4v) is 2.41. The lowest BCUT2D eigenvalue weighted by atomic mass is 10.1. The van der Waals surface area contributed by atoms with E-state index in [0.29, 0.717) is 12.3 Å². The second-order valence-electron chi connectivity index (χ2n) is 4.71. The van der Waals surface area contributed by atoms with Crippen molar-refractivity contribution in [2.45, 2.75) is 6.04 Å². The third-order valence-corrected chi connectivity index (χ3v) is 3.63. The Morgan fingerprint density at radius 2 is 2.00 bits per heavy atom. The topological polar surface area (TPSA) is 67.9 Å². The molecule has 1 atom stereocenters. The molecule has 0 unspecified atom stereocenters. The van der Waals surface area contributed by atoms with Gasteiger partial charge in [0.15, 0.2) is 11.5 Å². The summed E-state index contributed by atoms with van der Waals surface area (Å²) in [7, 11) is 0.599. The molecule has 106 valence electrons. The Hall–Kier alpha value is -1.31. The number of benzene rings is 1. The molecule has 1 aliphatic heterocycles. The minimum atomic E-state index is -3.20. The molecule has 0 saturated heterocycles. The van der Waals surface area contributed by atoms with Gasteiger partial charge in [0, 0.05) is 12.6 Å². The summed E-state index contributed by atoms with van der Waals surface area (Å²) < 4.78 is 35.5. The summed E-state index contributed by atoms with van der Waals surface area (Å²) in [5.41, 5.74) is 0.977. The Morgan fingerprint density at radius 3 is 2.63 bits per heavy atom. The normalized spacial score (nSPS) is 15.8. The van der Waals surface area contributed by atoms with Crippen LogP contribution in [0, 0.1) is 0 Å². The maximum Gasteiger partial charge on any atom is 0.231 e. The molecule has 0 amide bonds. The van der Waals surface area contributed by atoms with Gasteiger partial charge >= 0.3 is 0 Å². The molecular formula is C12H18N2O4S. The fraction of sp³-hybridized carbons (Fsp3) is 0.500. The van der Waals surface area contributed by atoms with Crippen LogP contribution in [0.1, 0.15) is 11.6 Å². The molecule has 0 spiro atoms. The monoisotopic (exact) mass is 286 g/mol. The van der Waals surface area contributed by atoms with E-state index >= 15 is 0 Å². The van der Waals surface area contributed by atoms with Crippen LogP contribution in [0.2, 0.25) is 0 Å². The van der Waals surface area contributed by atoms with E-state index in [0.717, 1.165) is 17.6 Å². The highest BCUT2D eigenvalue weighted by Crippen LogP contribution is 2.34. The quantitative estimate of drug-likeness (QED) is 0.857. The van der Waals surface area contributed by atoms with Crippen LogP contribution in [0.3, 0.4) is 0 Å². The van der Waals surface area contributed by atoms with Gasteiger partial charge < -0.3 is 14.4 Å². The van der Waals surface area contributed by atoms with Crippen LogP contribution < -0.4 is 14.2 Å². The maximum absolute atomic E-state index is 11.2. The summed E-state index contributed by atoms with van der Waals surface area (Å²) in [6.07, 6.45) is 1.15. The van der Waals surface area contributed by atoms with Crippen LogP contribution in [0.4, 0.5) is 0 Å². The van der Waals surface area contributed by atoms with Crippen LogP contribution in [0.5, 0.6) is 11.5 Å². The molecule has 0 radical (unpaired) electrons. The van der Waals surface area contributed by atoms with Crippen LogP contribution in [-0.2, 0) is 10.0 Å². The predicted molar refractivity (Wildman–Crippen MR) is 71.8 cm³/mol. The molecule has 1 aromatic rings. The van der Waals surface area contributed by atoms with Gasteiger partial charge in [-0.3, -0.25) is 0 Å². The SMILES string of the molecule is CN(C)[C@@H](CNS(C)(=O)=O)c1ccc2c(c1)OCO2. The Morgan fingerprint density at radius 1 is 1.32 bits per heavy atom. The van der Waals surface area contributed by atoms with Crippen molar-refractivity contribution in [3.05, 3.63) is 23.8 Å². The molecular weight excluding hydrogens is 268 g/mol. The fourth-order valence-electron chi connectivity index (χ4n) is 1.95. The highest BCUT2D eigenvalue weighted by molar-refractivity contribution is 7.88. The standard InChI is InChI=1S/C12H18N2O4S/c1-14(2)10(7-13-19(3,15)16)9-4-5-11-12(6-9)18-8-17-11/h4-6,10,13H,7-8H2,1-3H3/t10-/m0/s1. The lowest BCUT2D eigenvalue weighted by Gasteiger charge is -2.24. The Balaban J connectivity index is 2.19. The van der Waals surface area contributed by atoms with Gasteiger partial charge in [0.2, 0.25) is 16.8 Å². The second kappa shape index (κ2) is 5.36. The zero-order chi connectivity index (χ0) is 14.0. The van der Waals surface area contributed by atoms with Gasteiger partial charge in [-0.1, -0.05) is 6.07 Å². The number of hydrogen-bond donors (Lipinski definition) is 1. The number of rotatable bonds is 5. The zero-order valence-corrected chi connectivity index (χ0v) is 12.0.